The number of nitrogens with two attached hydrogens (primary N) is 1. The molecule has 0 spiro atoms. The fraction of sp³-hybridized carbons (Fsp3) is 0.385. The SMILES string of the molecule is CN1CC(=O)N(Cc2ccccc2CN)CC1=O. The Hall–Kier alpha value is -1.88. The first-order valence-corrected chi connectivity index (χ1v) is 5.90. The van der Waals surface area contributed by atoms with Gasteiger partial charge in [0.05, 0.1) is 6.54 Å². The Kier molecular flexibility index (Phi) is 3.62. The Bertz CT molecular complexity index is 473. The van der Waals surface area contributed by atoms with Crippen molar-refractivity contribution in [2.45, 2.75) is 13.1 Å². The fourth-order valence-electron chi connectivity index (χ4n) is 2.02. The van der Waals surface area contributed by atoms with E-state index >= 15 is 0 Å². The van der Waals surface area contributed by atoms with E-state index in [4.69, 9.17) is 5.73 Å². The predicted molar refractivity (Wildman–Crippen MR) is 67.4 cm³/mol. The van der Waals surface area contributed by atoms with Gasteiger partial charge in [-0.15, -0.1) is 0 Å². The summed E-state index contributed by atoms with van der Waals surface area (Å²) in [6.07, 6.45) is 0. The first-order chi connectivity index (χ1) is 8.61. The molecule has 1 fully saturated rings. The first kappa shape index (κ1) is 12.6. The van der Waals surface area contributed by atoms with E-state index in [1.54, 1.807) is 11.9 Å². The van der Waals surface area contributed by atoms with Gasteiger partial charge in [-0.25, -0.2) is 0 Å². The van der Waals surface area contributed by atoms with Gasteiger partial charge in [-0.1, -0.05) is 24.3 Å². The Morgan fingerprint density at radius 2 is 1.78 bits per heavy atom. The van der Waals surface area contributed by atoms with Gasteiger partial charge >= 0.3 is 0 Å². The van der Waals surface area contributed by atoms with Gasteiger partial charge in [0.1, 0.15) is 6.54 Å². The van der Waals surface area contributed by atoms with Crippen LogP contribution in [0.15, 0.2) is 24.3 Å². The average Bonchev–Trinajstić information content (AvgIpc) is 2.36. The molecule has 2 N–H and O–H groups in total. The highest BCUT2D eigenvalue weighted by atomic mass is 16.2. The third-order valence-corrected chi connectivity index (χ3v) is 3.18. The van der Waals surface area contributed by atoms with E-state index < -0.39 is 0 Å². The molecule has 0 bridgehead atoms. The molecular weight excluding hydrogens is 230 g/mol. The number of carbonyl (C=O) groups is 2. The number of carbonyl (C=O) groups excluding carboxylic acids is 2. The van der Waals surface area contributed by atoms with Gasteiger partial charge in [-0.3, -0.25) is 9.59 Å². The largest absolute Gasteiger partial charge is 0.335 e. The zero-order valence-electron chi connectivity index (χ0n) is 10.4. The maximum atomic E-state index is 11.9. The first-order valence-electron chi connectivity index (χ1n) is 5.90. The lowest BCUT2D eigenvalue weighted by molar-refractivity contribution is -0.149. The minimum Gasteiger partial charge on any atom is -0.335 e. The number of amides is 2. The van der Waals surface area contributed by atoms with Crippen molar-refractivity contribution in [3.05, 3.63) is 35.4 Å². The highest BCUT2D eigenvalue weighted by Gasteiger charge is 2.27. The molecule has 5 heteroatoms. The highest BCUT2D eigenvalue weighted by Crippen LogP contribution is 2.13. The van der Waals surface area contributed by atoms with Crippen LogP contribution in [0.2, 0.25) is 0 Å². The van der Waals surface area contributed by atoms with Gasteiger partial charge < -0.3 is 15.5 Å². The lowest BCUT2D eigenvalue weighted by atomic mass is 10.1. The molecule has 0 unspecified atom stereocenters. The van der Waals surface area contributed by atoms with E-state index in [9.17, 15) is 9.59 Å². The molecule has 96 valence electrons. The number of hydrogen-bond donors (Lipinski definition) is 1. The van der Waals surface area contributed by atoms with Crippen molar-refractivity contribution in [1.82, 2.24) is 9.80 Å². The molecule has 1 aromatic carbocycles. The molecule has 0 aliphatic carbocycles. The molecule has 1 saturated heterocycles. The summed E-state index contributed by atoms with van der Waals surface area (Å²) in [5.41, 5.74) is 7.68. The van der Waals surface area contributed by atoms with E-state index in [0.717, 1.165) is 11.1 Å². The van der Waals surface area contributed by atoms with Crippen molar-refractivity contribution < 1.29 is 9.59 Å². The lowest BCUT2D eigenvalue weighted by Crippen LogP contribution is -2.51. The molecule has 0 aromatic heterocycles. The Balaban J connectivity index is 2.13. The van der Waals surface area contributed by atoms with Crippen LogP contribution in [0.4, 0.5) is 0 Å². The van der Waals surface area contributed by atoms with Crippen molar-refractivity contribution >= 4 is 11.8 Å². The maximum absolute atomic E-state index is 11.9. The molecule has 2 rings (SSSR count). The van der Waals surface area contributed by atoms with Gasteiger partial charge in [-0.2, -0.15) is 0 Å². The number of rotatable bonds is 3. The van der Waals surface area contributed by atoms with E-state index in [1.807, 2.05) is 24.3 Å². The summed E-state index contributed by atoms with van der Waals surface area (Å²) in [5, 5.41) is 0. The molecule has 18 heavy (non-hydrogen) atoms. The van der Waals surface area contributed by atoms with E-state index in [2.05, 4.69) is 0 Å². The second kappa shape index (κ2) is 5.18. The summed E-state index contributed by atoms with van der Waals surface area (Å²) >= 11 is 0. The average molecular weight is 247 g/mol. The molecule has 5 nitrogen and oxygen atoms in total. The number of nitrogens with zero attached hydrogens (tertiary/aromatic N) is 2. The van der Waals surface area contributed by atoms with Crippen LogP contribution in [0.25, 0.3) is 0 Å². The van der Waals surface area contributed by atoms with Crippen LogP contribution in [0.5, 0.6) is 0 Å². The maximum Gasteiger partial charge on any atom is 0.242 e. The summed E-state index contributed by atoms with van der Waals surface area (Å²) in [4.78, 5) is 26.5. The molecule has 2 amide bonds. The smallest absolute Gasteiger partial charge is 0.242 e. The van der Waals surface area contributed by atoms with Gasteiger partial charge in [0.15, 0.2) is 0 Å². The minimum absolute atomic E-state index is 0.0241. The molecule has 1 aliphatic rings. The third-order valence-electron chi connectivity index (χ3n) is 3.18. The van der Waals surface area contributed by atoms with Crippen molar-refractivity contribution in [3.8, 4) is 0 Å². The van der Waals surface area contributed by atoms with Crippen LogP contribution in [-0.2, 0) is 22.7 Å². The van der Waals surface area contributed by atoms with E-state index in [1.165, 1.54) is 4.90 Å². The monoisotopic (exact) mass is 247 g/mol. The summed E-state index contributed by atoms with van der Waals surface area (Å²) in [6, 6.07) is 7.72. The third kappa shape index (κ3) is 2.51. The van der Waals surface area contributed by atoms with Crippen molar-refractivity contribution in [2.75, 3.05) is 20.1 Å². The van der Waals surface area contributed by atoms with E-state index in [-0.39, 0.29) is 24.9 Å². The molecular formula is C13H17N3O2. The Labute approximate surface area is 106 Å². The molecule has 0 atom stereocenters. The number of benzene rings is 1. The molecule has 0 saturated carbocycles. The van der Waals surface area contributed by atoms with Crippen LogP contribution >= 0.6 is 0 Å². The summed E-state index contributed by atoms with van der Waals surface area (Å²) in [6.45, 7) is 1.19. The fourth-order valence-corrected chi connectivity index (χ4v) is 2.02. The minimum atomic E-state index is -0.0279. The standard InChI is InChI=1S/C13H17N3O2/c1-15-8-13(18)16(9-12(15)17)7-11-5-3-2-4-10(11)6-14/h2-5H,6-9,14H2,1H3. The van der Waals surface area contributed by atoms with Gasteiger partial charge in [0, 0.05) is 20.1 Å². The number of hydrogen-bond acceptors (Lipinski definition) is 3. The van der Waals surface area contributed by atoms with Gasteiger partial charge in [0.25, 0.3) is 0 Å². The van der Waals surface area contributed by atoms with Crippen LogP contribution in [0.3, 0.4) is 0 Å². The van der Waals surface area contributed by atoms with Gasteiger partial charge in [-0.05, 0) is 11.1 Å². The second-order valence-corrected chi connectivity index (χ2v) is 4.47. The number of likely N-dealkylation sites (N-methyl/N-ethyl adjacent to an activating group) is 1. The van der Waals surface area contributed by atoms with Crippen LogP contribution in [-0.4, -0.2) is 41.8 Å². The lowest BCUT2D eigenvalue weighted by Gasteiger charge is -2.32. The van der Waals surface area contributed by atoms with Crippen molar-refractivity contribution in [2.24, 2.45) is 5.73 Å². The Morgan fingerprint density at radius 1 is 1.11 bits per heavy atom. The Morgan fingerprint density at radius 3 is 2.44 bits per heavy atom. The van der Waals surface area contributed by atoms with Gasteiger partial charge in [0.2, 0.25) is 11.8 Å². The quantitative estimate of drug-likeness (QED) is 0.814. The van der Waals surface area contributed by atoms with Crippen LogP contribution in [0.1, 0.15) is 11.1 Å². The van der Waals surface area contributed by atoms with Crippen LogP contribution < -0.4 is 5.73 Å². The molecule has 1 aliphatic heterocycles. The van der Waals surface area contributed by atoms with Crippen LogP contribution in [0, 0.1) is 0 Å². The van der Waals surface area contributed by atoms with E-state index in [0.29, 0.717) is 13.1 Å². The topological polar surface area (TPSA) is 66.6 Å². The van der Waals surface area contributed by atoms with Crippen molar-refractivity contribution in [1.29, 1.82) is 0 Å². The van der Waals surface area contributed by atoms with Crippen molar-refractivity contribution in [3.63, 3.8) is 0 Å². The highest BCUT2D eigenvalue weighted by molar-refractivity contribution is 5.92. The molecule has 1 heterocycles. The zero-order chi connectivity index (χ0) is 13.1. The predicted octanol–water partition coefficient (Wildman–Crippen LogP) is -0.0541. The molecule has 0 radical (unpaired) electrons. The summed E-state index contributed by atoms with van der Waals surface area (Å²) in [7, 11) is 1.64. The summed E-state index contributed by atoms with van der Waals surface area (Å²) in [5.74, 6) is -0.0521. The normalized spacial score (nSPS) is 16.3. The molecule has 1 aromatic rings. The summed E-state index contributed by atoms with van der Waals surface area (Å²) < 4.78 is 0. The zero-order valence-corrected chi connectivity index (χ0v) is 10.4. The number of piperazine rings is 1. The second-order valence-electron chi connectivity index (χ2n) is 4.47.